The van der Waals surface area contributed by atoms with Crippen molar-refractivity contribution in [3.63, 3.8) is 0 Å². The second-order valence-corrected chi connectivity index (χ2v) is 9.62. The molecule has 1 heterocycles. The van der Waals surface area contributed by atoms with Crippen LogP contribution in [0.3, 0.4) is 0 Å². The van der Waals surface area contributed by atoms with Gasteiger partial charge in [0.25, 0.3) is 0 Å². The van der Waals surface area contributed by atoms with E-state index in [9.17, 15) is 9.13 Å². The van der Waals surface area contributed by atoms with E-state index in [1.807, 2.05) is 0 Å². The van der Waals surface area contributed by atoms with Gasteiger partial charge in [-0.2, -0.15) is 0 Å². The molecule has 0 saturated heterocycles. The molecular formula is C17H26O8P2. The molecule has 1 aliphatic heterocycles. The van der Waals surface area contributed by atoms with Gasteiger partial charge in [0.15, 0.2) is 16.6 Å². The van der Waals surface area contributed by atoms with Crippen molar-refractivity contribution >= 4 is 21.3 Å². The summed E-state index contributed by atoms with van der Waals surface area (Å²) in [6, 6.07) is 5.12. The lowest BCUT2D eigenvalue weighted by Crippen LogP contribution is -2.05. The van der Waals surface area contributed by atoms with Gasteiger partial charge in [0, 0.05) is 0 Å². The highest BCUT2D eigenvalue weighted by atomic mass is 31.2. The zero-order valence-corrected chi connectivity index (χ0v) is 17.8. The Morgan fingerprint density at radius 3 is 1.85 bits per heavy atom. The molecule has 2 rings (SSSR count). The largest absolute Gasteiger partial charge is 0.454 e. The number of benzene rings is 1. The summed E-state index contributed by atoms with van der Waals surface area (Å²) in [7, 11) is -7.84. The van der Waals surface area contributed by atoms with Gasteiger partial charge in [-0.15, -0.1) is 0 Å². The van der Waals surface area contributed by atoms with Gasteiger partial charge in [0.1, 0.15) is 0 Å². The first-order valence-electron chi connectivity index (χ1n) is 8.83. The second-order valence-electron chi connectivity index (χ2n) is 5.28. The van der Waals surface area contributed by atoms with Gasteiger partial charge in [-0.05, 0) is 51.5 Å². The Kier molecular flexibility index (Phi) is 8.10. The fourth-order valence-corrected chi connectivity index (χ4v) is 7.02. The molecule has 0 amide bonds. The van der Waals surface area contributed by atoms with Crippen LogP contribution in [0.1, 0.15) is 33.3 Å². The van der Waals surface area contributed by atoms with Crippen LogP contribution in [0.5, 0.6) is 11.5 Å². The third-order valence-corrected chi connectivity index (χ3v) is 8.69. The van der Waals surface area contributed by atoms with E-state index in [4.69, 9.17) is 27.6 Å². The van der Waals surface area contributed by atoms with Crippen LogP contribution in [-0.2, 0) is 27.2 Å². The quantitative estimate of drug-likeness (QED) is 0.449. The standard InChI is InChI=1S/C17H26O8P2/c1-5-22-26(18,23-6-2)17(27(19,24-7-3)25-8-4)12-14-9-10-15-16(11-14)21-13-20-15/h9-12H,5-8,13H2,1-4H3. The molecule has 0 unspecified atom stereocenters. The van der Waals surface area contributed by atoms with Gasteiger partial charge in [0.2, 0.25) is 6.79 Å². The van der Waals surface area contributed by atoms with Crippen molar-refractivity contribution in [3.05, 3.63) is 28.8 Å². The van der Waals surface area contributed by atoms with Crippen molar-refractivity contribution in [3.8, 4) is 11.5 Å². The predicted octanol–water partition coefficient (Wildman–Crippen LogP) is 5.25. The summed E-state index contributed by atoms with van der Waals surface area (Å²) in [5.74, 6) is 1.14. The van der Waals surface area contributed by atoms with Crippen molar-refractivity contribution in [2.45, 2.75) is 27.7 Å². The Bertz CT molecular complexity index is 709. The van der Waals surface area contributed by atoms with Crippen LogP contribution in [0.2, 0.25) is 0 Å². The summed E-state index contributed by atoms with van der Waals surface area (Å²) in [5, 5.41) is -0.138. The Morgan fingerprint density at radius 1 is 0.889 bits per heavy atom. The normalized spacial score (nSPS) is 13.6. The molecule has 1 aliphatic rings. The second kappa shape index (κ2) is 9.87. The molecular weight excluding hydrogens is 394 g/mol. The molecule has 0 spiro atoms. The van der Waals surface area contributed by atoms with E-state index in [1.165, 1.54) is 6.08 Å². The van der Waals surface area contributed by atoms with Gasteiger partial charge >= 0.3 is 15.2 Å². The third kappa shape index (κ3) is 5.23. The van der Waals surface area contributed by atoms with E-state index in [-0.39, 0.29) is 38.3 Å². The number of rotatable bonds is 11. The van der Waals surface area contributed by atoms with Gasteiger partial charge in [-0.25, -0.2) is 0 Å². The molecule has 8 nitrogen and oxygen atoms in total. The van der Waals surface area contributed by atoms with Crippen molar-refractivity contribution in [1.29, 1.82) is 0 Å². The molecule has 0 atom stereocenters. The van der Waals surface area contributed by atoms with E-state index in [1.54, 1.807) is 45.9 Å². The average Bonchev–Trinajstić information content (AvgIpc) is 3.08. The van der Waals surface area contributed by atoms with Gasteiger partial charge in [0.05, 0.1) is 26.4 Å². The third-order valence-electron chi connectivity index (χ3n) is 3.45. The van der Waals surface area contributed by atoms with Gasteiger partial charge < -0.3 is 27.6 Å². The first-order chi connectivity index (χ1) is 12.9. The first kappa shape index (κ1) is 22.2. The van der Waals surface area contributed by atoms with Crippen molar-refractivity contribution in [2.24, 2.45) is 0 Å². The van der Waals surface area contributed by atoms with Crippen LogP contribution in [0.4, 0.5) is 0 Å². The average molecular weight is 420 g/mol. The molecule has 1 aromatic rings. The molecule has 0 saturated carbocycles. The Balaban J connectivity index is 2.60. The Hall–Kier alpha value is -1.14. The number of hydrogen-bond acceptors (Lipinski definition) is 8. The lowest BCUT2D eigenvalue weighted by molar-refractivity contribution is 0.174. The maximum atomic E-state index is 13.4. The van der Waals surface area contributed by atoms with Gasteiger partial charge in [-0.1, -0.05) is 6.07 Å². The summed E-state index contributed by atoms with van der Waals surface area (Å²) in [6.45, 7) is 7.25. The Morgan fingerprint density at radius 2 is 1.37 bits per heavy atom. The van der Waals surface area contributed by atoms with E-state index < -0.39 is 15.2 Å². The molecule has 0 radical (unpaired) electrons. The van der Waals surface area contributed by atoms with E-state index >= 15 is 0 Å². The molecule has 0 fully saturated rings. The summed E-state index contributed by atoms with van der Waals surface area (Å²) >= 11 is 0. The fourth-order valence-electron chi connectivity index (χ4n) is 2.48. The van der Waals surface area contributed by atoms with Crippen molar-refractivity contribution in [1.82, 2.24) is 0 Å². The molecule has 0 aliphatic carbocycles. The zero-order chi connectivity index (χ0) is 19.9. The van der Waals surface area contributed by atoms with Crippen molar-refractivity contribution < 1.29 is 36.7 Å². The smallest absolute Gasteiger partial charge is 0.369 e. The summed E-state index contributed by atoms with van der Waals surface area (Å²) in [4.78, 5) is 0. The van der Waals surface area contributed by atoms with Crippen LogP contribution in [0.15, 0.2) is 23.3 Å². The highest BCUT2D eigenvalue weighted by Gasteiger charge is 2.45. The molecule has 27 heavy (non-hydrogen) atoms. The van der Waals surface area contributed by atoms with Crippen LogP contribution in [0, 0.1) is 0 Å². The minimum Gasteiger partial charge on any atom is -0.454 e. The van der Waals surface area contributed by atoms with Crippen LogP contribution in [-0.4, -0.2) is 33.2 Å². The van der Waals surface area contributed by atoms with E-state index in [0.29, 0.717) is 17.1 Å². The number of fused-ring (bicyclic) bond motifs is 1. The minimum absolute atomic E-state index is 0.105. The van der Waals surface area contributed by atoms with Crippen LogP contribution >= 0.6 is 15.2 Å². The monoisotopic (exact) mass is 420 g/mol. The topological polar surface area (TPSA) is 89.5 Å². The SMILES string of the molecule is CCOP(=O)(OCC)C(=Cc1ccc2c(c1)OCO2)P(=O)(OCC)OCC. The summed E-state index contributed by atoms with van der Waals surface area (Å²) < 4.78 is 59.2. The van der Waals surface area contributed by atoms with Crippen molar-refractivity contribution in [2.75, 3.05) is 33.2 Å². The van der Waals surface area contributed by atoms with Gasteiger partial charge in [-0.3, -0.25) is 9.13 Å². The zero-order valence-electron chi connectivity index (χ0n) is 16.0. The number of ether oxygens (including phenoxy) is 2. The molecule has 0 N–H and O–H groups in total. The molecule has 0 bridgehead atoms. The molecule has 10 heteroatoms. The molecule has 1 aromatic carbocycles. The predicted molar refractivity (Wildman–Crippen MR) is 102 cm³/mol. The number of hydrogen-bond donors (Lipinski definition) is 0. The minimum atomic E-state index is -3.92. The summed E-state index contributed by atoms with van der Waals surface area (Å²) in [5.41, 5.74) is 0.577. The van der Waals surface area contributed by atoms with E-state index in [2.05, 4.69) is 0 Å². The molecule has 0 aromatic heterocycles. The lowest BCUT2D eigenvalue weighted by atomic mass is 10.2. The lowest BCUT2D eigenvalue weighted by Gasteiger charge is -2.25. The summed E-state index contributed by atoms with van der Waals surface area (Å²) in [6.07, 6.45) is 1.46. The van der Waals surface area contributed by atoms with Crippen LogP contribution < -0.4 is 9.47 Å². The highest BCUT2D eigenvalue weighted by Crippen LogP contribution is 2.74. The maximum absolute atomic E-state index is 13.4. The fraction of sp³-hybridized carbons (Fsp3) is 0.529. The first-order valence-corrected chi connectivity index (χ1v) is 11.9. The maximum Gasteiger partial charge on any atom is 0.369 e. The van der Waals surface area contributed by atoms with E-state index in [0.717, 1.165) is 0 Å². The molecule has 152 valence electrons. The highest BCUT2D eigenvalue weighted by molar-refractivity contribution is 7.79. The Labute approximate surface area is 159 Å². The van der Waals surface area contributed by atoms with Crippen LogP contribution in [0.25, 0.3) is 6.08 Å².